The Kier molecular flexibility index (Phi) is 2.68. The molecule has 2 atom stereocenters. The van der Waals surface area contributed by atoms with E-state index in [2.05, 4.69) is 4.98 Å². The molecule has 14 heavy (non-hydrogen) atoms. The average molecular weight is 191 g/mol. The molecule has 1 aromatic heterocycles. The van der Waals surface area contributed by atoms with Gasteiger partial charge in [-0.1, -0.05) is 18.9 Å². The molecule has 1 fully saturated rings. The van der Waals surface area contributed by atoms with Crippen molar-refractivity contribution in [2.45, 2.75) is 37.6 Å². The topological polar surface area (TPSA) is 64.9 Å². The van der Waals surface area contributed by atoms with E-state index in [1.165, 1.54) is 12.8 Å². The van der Waals surface area contributed by atoms with Crippen molar-refractivity contribution in [3.63, 3.8) is 0 Å². The maximum Gasteiger partial charge on any atom is 0.123 e. The van der Waals surface area contributed by atoms with Crippen LogP contribution in [0.25, 0.3) is 0 Å². The molecule has 0 saturated heterocycles. The first-order valence-corrected chi connectivity index (χ1v) is 5.25. The van der Waals surface area contributed by atoms with Crippen LogP contribution in [0.15, 0.2) is 18.2 Å². The molecule has 0 bridgehead atoms. The first-order valence-electron chi connectivity index (χ1n) is 5.25. The predicted molar refractivity (Wildman–Crippen MR) is 57.8 cm³/mol. The third kappa shape index (κ3) is 1.87. The van der Waals surface area contributed by atoms with Gasteiger partial charge in [-0.25, -0.2) is 4.98 Å². The number of nitrogens with zero attached hydrogens (tertiary/aromatic N) is 1. The average Bonchev–Trinajstić information content (AvgIpc) is 2.18. The second kappa shape index (κ2) is 3.96. The van der Waals surface area contributed by atoms with Gasteiger partial charge in [-0.3, -0.25) is 0 Å². The Morgan fingerprint density at radius 1 is 1.21 bits per heavy atom. The van der Waals surface area contributed by atoms with E-state index < -0.39 is 0 Å². The van der Waals surface area contributed by atoms with Gasteiger partial charge in [0.15, 0.2) is 0 Å². The fourth-order valence-corrected chi connectivity index (χ4v) is 2.20. The lowest BCUT2D eigenvalue weighted by molar-refractivity contribution is 0.380. The van der Waals surface area contributed by atoms with Gasteiger partial charge in [0, 0.05) is 17.7 Å². The molecule has 0 aromatic carbocycles. The molecule has 0 radical (unpaired) electrons. The third-order valence-corrected chi connectivity index (χ3v) is 2.99. The van der Waals surface area contributed by atoms with Crippen molar-refractivity contribution >= 4 is 5.82 Å². The van der Waals surface area contributed by atoms with Crippen LogP contribution in [-0.4, -0.2) is 11.0 Å². The van der Waals surface area contributed by atoms with Gasteiger partial charge in [-0.2, -0.15) is 0 Å². The number of nitrogens with two attached hydrogens (primary N) is 2. The zero-order valence-corrected chi connectivity index (χ0v) is 8.32. The van der Waals surface area contributed by atoms with Crippen LogP contribution in [0.5, 0.6) is 0 Å². The van der Waals surface area contributed by atoms with Crippen LogP contribution in [0.4, 0.5) is 5.82 Å². The Morgan fingerprint density at radius 2 is 2.00 bits per heavy atom. The molecule has 76 valence electrons. The molecular formula is C11H17N3. The van der Waals surface area contributed by atoms with Crippen LogP contribution < -0.4 is 11.5 Å². The summed E-state index contributed by atoms with van der Waals surface area (Å²) in [5, 5.41) is 0. The van der Waals surface area contributed by atoms with E-state index >= 15 is 0 Å². The molecule has 0 spiro atoms. The molecule has 4 N–H and O–H groups in total. The number of rotatable bonds is 1. The van der Waals surface area contributed by atoms with Crippen molar-refractivity contribution in [3.8, 4) is 0 Å². The summed E-state index contributed by atoms with van der Waals surface area (Å²) in [6, 6.07) is 6.07. The van der Waals surface area contributed by atoms with E-state index in [1.807, 2.05) is 18.2 Å². The number of anilines is 1. The maximum atomic E-state index is 6.08. The Morgan fingerprint density at radius 3 is 2.71 bits per heavy atom. The molecule has 1 aliphatic rings. The van der Waals surface area contributed by atoms with E-state index in [9.17, 15) is 0 Å². The SMILES string of the molecule is Nc1cccc(C2CCCCC2N)n1. The molecule has 1 aromatic rings. The van der Waals surface area contributed by atoms with Gasteiger partial charge in [0.05, 0.1) is 0 Å². The highest BCUT2D eigenvalue weighted by Crippen LogP contribution is 2.30. The molecule has 1 saturated carbocycles. The number of nitrogen functional groups attached to an aromatic ring is 1. The minimum Gasteiger partial charge on any atom is -0.384 e. The Labute approximate surface area is 84.5 Å². The molecule has 3 nitrogen and oxygen atoms in total. The summed E-state index contributed by atoms with van der Waals surface area (Å²) >= 11 is 0. The molecule has 1 heterocycles. The summed E-state index contributed by atoms with van der Waals surface area (Å²) in [4.78, 5) is 4.35. The van der Waals surface area contributed by atoms with Gasteiger partial charge in [0.1, 0.15) is 5.82 Å². The summed E-state index contributed by atoms with van der Waals surface area (Å²) in [7, 11) is 0. The van der Waals surface area contributed by atoms with E-state index in [0.29, 0.717) is 11.7 Å². The molecule has 3 heteroatoms. The van der Waals surface area contributed by atoms with Crippen molar-refractivity contribution < 1.29 is 0 Å². The maximum absolute atomic E-state index is 6.08. The molecule has 2 rings (SSSR count). The van der Waals surface area contributed by atoms with E-state index in [-0.39, 0.29) is 6.04 Å². The third-order valence-electron chi connectivity index (χ3n) is 2.99. The van der Waals surface area contributed by atoms with Crippen LogP contribution in [0.1, 0.15) is 37.3 Å². The van der Waals surface area contributed by atoms with Crippen LogP contribution in [0.2, 0.25) is 0 Å². The quantitative estimate of drug-likeness (QED) is 0.709. The van der Waals surface area contributed by atoms with Crippen molar-refractivity contribution in [2.75, 3.05) is 5.73 Å². The monoisotopic (exact) mass is 191 g/mol. The highest BCUT2D eigenvalue weighted by Gasteiger charge is 2.24. The second-order valence-corrected chi connectivity index (χ2v) is 4.04. The first kappa shape index (κ1) is 9.46. The smallest absolute Gasteiger partial charge is 0.123 e. The number of hydrogen-bond acceptors (Lipinski definition) is 3. The standard InChI is InChI=1S/C11H17N3/c12-9-5-2-1-4-8(9)10-6-3-7-11(13)14-10/h3,6-9H,1-2,4-5,12H2,(H2,13,14). The molecule has 2 unspecified atom stereocenters. The fraction of sp³-hybridized carbons (Fsp3) is 0.545. The van der Waals surface area contributed by atoms with Crippen LogP contribution >= 0.6 is 0 Å². The minimum atomic E-state index is 0.262. The molecule has 0 aliphatic heterocycles. The normalized spacial score (nSPS) is 27.5. The van der Waals surface area contributed by atoms with Gasteiger partial charge < -0.3 is 11.5 Å². The van der Waals surface area contributed by atoms with Crippen molar-refractivity contribution in [2.24, 2.45) is 5.73 Å². The van der Waals surface area contributed by atoms with Gasteiger partial charge in [-0.05, 0) is 25.0 Å². The van der Waals surface area contributed by atoms with E-state index in [0.717, 1.165) is 18.5 Å². The van der Waals surface area contributed by atoms with Crippen molar-refractivity contribution in [1.82, 2.24) is 4.98 Å². The van der Waals surface area contributed by atoms with Gasteiger partial charge in [0.2, 0.25) is 0 Å². The van der Waals surface area contributed by atoms with Crippen molar-refractivity contribution in [3.05, 3.63) is 23.9 Å². The lowest BCUT2D eigenvalue weighted by Crippen LogP contribution is -2.31. The highest BCUT2D eigenvalue weighted by molar-refractivity contribution is 5.30. The van der Waals surface area contributed by atoms with Crippen molar-refractivity contribution in [1.29, 1.82) is 0 Å². The first-order chi connectivity index (χ1) is 6.77. The summed E-state index contributed by atoms with van der Waals surface area (Å²) in [6.07, 6.45) is 4.77. The predicted octanol–water partition coefficient (Wildman–Crippen LogP) is 1.65. The molecular weight excluding hydrogens is 174 g/mol. The number of pyridine rings is 1. The summed E-state index contributed by atoms with van der Waals surface area (Å²) in [5.74, 6) is 1.01. The Hall–Kier alpha value is -1.09. The summed E-state index contributed by atoms with van der Waals surface area (Å²) in [5.41, 5.74) is 12.8. The Balaban J connectivity index is 2.20. The zero-order valence-electron chi connectivity index (χ0n) is 8.32. The second-order valence-electron chi connectivity index (χ2n) is 4.04. The van der Waals surface area contributed by atoms with E-state index in [1.54, 1.807) is 0 Å². The minimum absolute atomic E-state index is 0.262. The van der Waals surface area contributed by atoms with Gasteiger partial charge in [-0.15, -0.1) is 0 Å². The lowest BCUT2D eigenvalue weighted by Gasteiger charge is -2.28. The highest BCUT2D eigenvalue weighted by atomic mass is 14.9. The molecule has 0 amide bonds. The lowest BCUT2D eigenvalue weighted by atomic mass is 9.83. The van der Waals surface area contributed by atoms with E-state index in [4.69, 9.17) is 11.5 Å². The van der Waals surface area contributed by atoms with Crippen LogP contribution in [0, 0.1) is 0 Å². The largest absolute Gasteiger partial charge is 0.384 e. The zero-order chi connectivity index (χ0) is 9.97. The van der Waals surface area contributed by atoms with Gasteiger partial charge in [0.25, 0.3) is 0 Å². The Bertz CT molecular complexity index is 311. The fourth-order valence-electron chi connectivity index (χ4n) is 2.20. The van der Waals surface area contributed by atoms with Gasteiger partial charge >= 0.3 is 0 Å². The molecule has 1 aliphatic carbocycles. The number of hydrogen-bond donors (Lipinski definition) is 2. The van der Waals surface area contributed by atoms with Crippen LogP contribution in [0.3, 0.4) is 0 Å². The van der Waals surface area contributed by atoms with Crippen LogP contribution in [-0.2, 0) is 0 Å². The number of aromatic nitrogens is 1. The summed E-state index contributed by atoms with van der Waals surface area (Å²) < 4.78 is 0. The summed E-state index contributed by atoms with van der Waals surface area (Å²) in [6.45, 7) is 0.